The Hall–Kier alpha value is -2.29. The Labute approximate surface area is 146 Å². The summed E-state index contributed by atoms with van der Waals surface area (Å²) in [5.74, 6) is -0.0460. The van der Waals surface area contributed by atoms with Gasteiger partial charge in [0.1, 0.15) is 11.8 Å². The van der Waals surface area contributed by atoms with E-state index in [0.717, 1.165) is 18.1 Å². The number of amides is 1. The van der Waals surface area contributed by atoms with E-state index in [9.17, 15) is 4.79 Å². The third-order valence-electron chi connectivity index (χ3n) is 4.54. The Bertz CT molecular complexity index is 754. The molecule has 3 rings (SSSR count). The van der Waals surface area contributed by atoms with Gasteiger partial charge in [0.25, 0.3) is 5.91 Å². The minimum absolute atomic E-state index is 0.0460. The smallest absolute Gasteiger partial charge is 0.270 e. The maximum absolute atomic E-state index is 12.5. The lowest BCUT2D eigenvalue weighted by Crippen LogP contribution is -2.49. The van der Waals surface area contributed by atoms with Crippen molar-refractivity contribution >= 4 is 17.5 Å². The number of piperazine rings is 1. The van der Waals surface area contributed by atoms with E-state index in [2.05, 4.69) is 16.8 Å². The first-order chi connectivity index (χ1) is 11.6. The van der Waals surface area contributed by atoms with Crippen molar-refractivity contribution in [3.05, 3.63) is 58.4 Å². The fourth-order valence-corrected chi connectivity index (χ4v) is 3.14. The van der Waals surface area contributed by atoms with Crippen molar-refractivity contribution in [2.45, 2.75) is 13.0 Å². The Kier molecular flexibility index (Phi) is 4.89. The summed E-state index contributed by atoms with van der Waals surface area (Å²) >= 11 is 5.95. The van der Waals surface area contributed by atoms with E-state index in [0.29, 0.717) is 24.3 Å². The lowest BCUT2D eigenvalue weighted by atomic mass is 10.1. The van der Waals surface area contributed by atoms with Crippen LogP contribution in [-0.4, -0.2) is 46.9 Å². The Morgan fingerprint density at radius 1 is 1.25 bits per heavy atom. The van der Waals surface area contributed by atoms with Gasteiger partial charge in [0, 0.05) is 43.4 Å². The van der Waals surface area contributed by atoms with E-state index in [1.807, 2.05) is 35.2 Å². The zero-order chi connectivity index (χ0) is 17.1. The Morgan fingerprint density at radius 2 is 1.92 bits per heavy atom. The van der Waals surface area contributed by atoms with Gasteiger partial charge in [0.15, 0.2) is 0 Å². The first-order valence-electron chi connectivity index (χ1n) is 7.96. The van der Waals surface area contributed by atoms with Gasteiger partial charge in [-0.05, 0) is 30.7 Å². The number of hydrogen-bond donors (Lipinski definition) is 1. The van der Waals surface area contributed by atoms with Gasteiger partial charge in [0.2, 0.25) is 0 Å². The van der Waals surface area contributed by atoms with Crippen LogP contribution in [0.25, 0.3) is 0 Å². The van der Waals surface area contributed by atoms with Crippen LogP contribution < -0.4 is 0 Å². The minimum Gasteiger partial charge on any atom is -0.356 e. The molecule has 0 spiro atoms. The van der Waals surface area contributed by atoms with Crippen LogP contribution in [0, 0.1) is 11.3 Å². The number of aromatic nitrogens is 1. The lowest BCUT2D eigenvalue weighted by molar-refractivity contribution is 0.0577. The molecule has 1 unspecified atom stereocenters. The minimum atomic E-state index is -0.0460. The SMILES string of the molecule is CC(c1ccc(Cl)cc1)N1CCN(C(=O)c2cc(C#N)c[nH]2)CC1. The van der Waals surface area contributed by atoms with Gasteiger partial charge in [-0.2, -0.15) is 5.26 Å². The van der Waals surface area contributed by atoms with Crippen LogP contribution >= 0.6 is 11.6 Å². The highest BCUT2D eigenvalue weighted by Gasteiger charge is 2.26. The van der Waals surface area contributed by atoms with Gasteiger partial charge in [-0.15, -0.1) is 0 Å². The van der Waals surface area contributed by atoms with E-state index in [1.54, 1.807) is 12.3 Å². The number of carbonyl (C=O) groups excluding carboxylic acids is 1. The van der Waals surface area contributed by atoms with Gasteiger partial charge in [0.05, 0.1) is 5.56 Å². The second-order valence-electron chi connectivity index (χ2n) is 5.97. The van der Waals surface area contributed by atoms with Gasteiger partial charge in [-0.25, -0.2) is 0 Å². The van der Waals surface area contributed by atoms with Crippen molar-refractivity contribution in [2.75, 3.05) is 26.2 Å². The molecule has 24 heavy (non-hydrogen) atoms. The Balaban J connectivity index is 1.60. The third-order valence-corrected chi connectivity index (χ3v) is 4.80. The second kappa shape index (κ2) is 7.08. The fourth-order valence-electron chi connectivity index (χ4n) is 3.02. The molecule has 0 saturated carbocycles. The molecule has 0 radical (unpaired) electrons. The number of hydrogen-bond acceptors (Lipinski definition) is 3. The molecule has 1 N–H and O–H groups in total. The number of carbonyl (C=O) groups is 1. The van der Waals surface area contributed by atoms with Crippen LogP contribution in [0.5, 0.6) is 0 Å². The first-order valence-corrected chi connectivity index (χ1v) is 8.33. The maximum Gasteiger partial charge on any atom is 0.270 e. The summed E-state index contributed by atoms with van der Waals surface area (Å²) < 4.78 is 0. The van der Waals surface area contributed by atoms with Crippen LogP contribution in [0.1, 0.15) is 34.6 Å². The second-order valence-corrected chi connectivity index (χ2v) is 6.41. The number of halogens is 1. The van der Waals surface area contributed by atoms with E-state index in [4.69, 9.17) is 16.9 Å². The molecule has 2 aromatic rings. The molecule has 0 bridgehead atoms. The van der Waals surface area contributed by atoms with E-state index in [1.165, 1.54) is 5.56 Å². The molecular weight excluding hydrogens is 324 g/mol. The normalized spacial score (nSPS) is 16.6. The molecule has 1 amide bonds. The molecule has 1 aromatic heterocycles. The predicted molar refractivity (Wildman–Crippen MR) is 92.9 cm³/mol. The molecule has 1 atom stereocenters. The summed E-state index contributed by atoms with van der Waals surface area (Å²) in [5.41, 5.74) is 2.18. The predicted octanol–water partition coefficient (Wildman–Crippen LogP) is 3.06. The van der Waals surface area contributed by atoms with Crippen LogP contribution in [0.15, 0.2) is 36.5 Å². The third kappa shape index (κ3) is 3.45. The molecule has 5 nitrogen and oxygen atoms in total. The van der Waals surface area contributed by atoms with Crippen molar-refractivity contribution in [2.24, 2.45) is 0 Å². The number of nitriles is 1. The number of rotatable bonds is 3. The van der Waals surface area contributed by atoms with Crippen molar-refractivity contribution in [1.29, 1.82) is 5.26 Å². The van der Waals surface area contributed by atoms with Crippen molar-refractivity contribution in [1.82, 2.24) is 14.8 Å². The van der Waals surface area contributed by atoms with Crippen LogP contribution in [0.4, 0.5) is 0 Å². The van der Waals surface area contributed by atoms with E-state index >= 15 is 0 Å². The van der Waals surface area contributed by atoms with Crippen molar-refractivity contribution in [3.63, 3.8) is 0 Å². The zero-order valence-electron chi connectivity index (χ0n) is 13.5. The molecule has 2 heterocycles. The monoisotopic (exact) mass is 342 g/mol. The summed E-state index contributed by atoms with van der Waals surface area (Å²) in [6.07, 6.45) is 1.56. The maximum atomic E-state index is 12.5. The average Bonchev–Trinajstić information content (AvgIpc) is 3.10. The number of benzene rings is 1. The highest BCUT2D eigenvalue weighted by Crippen LogP contribution is 2.23. The first kappa shape index (κ1) is 16.6. The fraction of sp³-hybridized carbons (Fsp3) is 0.333. The molecule has 6 heteroatoms. The van der Waals surface area contributed by atoms with Gasteiger partial charge in [-0.1, -0.05) is 23.7 Å². The van der Waals surface area contributed by atoms with Gasteiger partial charge < -0.3 is 9.88 Å². The van der Waals surface area contributed by atoms with Gasteiger partial charge in [-0.3, -0.25) is 9.69 Å². The van der Waals surface area contributed by atoms with Crippen molar-refractivity contribution in [3.8, 4) is 6.07 Å². The average molecular weight is 343 g/mol. The van der Waals surface area contributed by atoms with E-state index in [-0.39, 0.29) is 11.9 Å². The lowest BCUT2D eigenvalue weighted by Gasteiger charge is -2.38. The number of aromatic amines is 1. The number of nitrogens with one attached hydrogen (secondary N) is 1. The topological polar surface area (TPSA) is 63.1 Å². The molecule has 1 fully saturated rings. The zero-order valence-corrected chi connectivity index (χ0v) is 14.3. The summed E-state index contributed by atoms with van der Waals surface area (Å²) in [6, 6.07) is 11.8. The van der Waals surface area contributed by atoms with Crippen molar-refractivity contribution < 1.29 is 4.79 Å². The molecular formula is C18H19ClN4O. The molecule has 0 aliphatic carbocycles. The van der Waals surface area contributed by atoms with Crippen LogP contribution in [0.3, 0.4) is 0 Å². The largest absolute Gasteiger partial charge is 0.356 e. The molecule has 1 saturated heterocycles. The highest BCUT2D eigenvalue weighted by molar-refractivity contribution is 6.30. The Morgan fingerprint density at radius 3 is 2.50 bits per heavy atom. The molecule has 1 aromatic carbocycles. The van der Waals surface area contributed by atoms with E-state index < -0.39 is 0 Å². The summed E-state index contributed by atoms with van der Waals surface area (Å²) in [5, 5.41) is 9.59. The standard InChI is InChI=1S/C18H19ClN4O/c1-13(15-2-4-16(19)5-3-15)22-6-8-23(9-7-22)18(24)17-10-14(11-20)12-21-17/h2-5,10,12-13,21H,6-9H2,1H3. The summed E-state index contributed by atoms with van der Waals surface area (Å²) in [6.45, 7) is 5.17. The number of nitrogens with zero attached hydrogens (tertiary/aromatic N) is 3. The quantitative estimate of drug-likeness (QED) is 0.932. The van der Waals surface area contributed by atoms with Crippen LogP contribution in [0.2, 0.25) is 5.02 Å². The van der Waals surface area contributed by atoms with Gasteiger partial charge >= 0.3 is 0 Å². The molecule has 124 valence electrons. The summed E-state index contributed by atoms with van der Waals surface area (Å²) in [7, 11) is 0. The number of H-pyrrole nitrogens is 1. The summed E-state index contributed by atoms with van der Waals surface area (Å²) in [4.78, 5) is 19.5. The highest BCUT2D eigenvalue weighted by atomic mass is 35.5. The molecule has 1 aliphatic rings. The van der Waals surface area contributed by atoms with Crippen LogP contribution in [-0.2, 0) is 0 Å². The molecule has 1 aliphatic heterocycles.